The molecule has 0 bridgehead atoms. The van der Waals surface area contributed by atoms with Gasteiger partial charge in [-0.1, -0.05) is 25.0 Å². The molecule has 21 heavy (non-hydrogen) atoms. The van der Waals surface area contributed by atoms with Crippen LogP contribution in [0.2, 0.25) is 0 Å². The Bertz CT molecular complexity index is 445. The van der Waals surface area contributed by atoms with Gasteiger partial charge < -0.3 is 15.8 Å². The Kier molecular flexibility index (Phi) is 8.68. The Balaban J connectivity index is 0.00000220. The van der Waals surface area contributed by atoms with E-state index in [1.165, 1.54) is 31.2 Å². The predicted molar refractivity (Wildman–Crippen MR) is 99.5 cm³/mol. The third-order valence-corrected chi connectivity index (χ3v) is 3.53. The minimum Gasteiger partial charge on any atom is -0.378 e. The average molecular weight is 403 g/mol. The monoisotopic (exact) mass is 403 g/mol. The molecule has 0 radical (unpaired) electrons. The second kappa shape index (κ2) is 10.00. The third-order valence-electron chi connectivity index (χ3n) is 3.53. The fourth-order valence-electron chi connectivity index (χ4n) is 2.48. The van der Waals surface area contributed by atoms with Crippen molar-refractivity contribution in [2.24, 2.45) is 10.7 Å². The van der Waals surface area contributed by atoms with Gasteiger partial charge in [-0.25, -0.2) is 0 Å². The van der Waals surface area contributed by atoms with Crippen molar-refractivity contribution in [3.63, 3.8) is 0 Å². The van der Waals surface area contributed by atoms with Gasteiger partial charge in [0.15, 0.2) is 5.96 Å². The molecule has 118 valence electrons. The van der Waals surface area contributed by atoms with E-state index in [9.17, 15) is 0 Å². The van der Waals surface area contributed by atoms with Gasteiger partial charge in [0, 0.05) is 18.8 Å². The van der Waals surface area contributed by atoms with E-state index < -0.39 is 0 Å². The minimum atomic E-state index is 0. The van der Waals surface area contributed by atoms with Crippen LogP contribution in [0.25, 0.3) is 0 Å². The van der Waals surface area contributed by atoms with Gasteiger partial charge in [-0.15, -0.1) is 24.0 Å². The predicted octanol–water partition coefficient (Wildman–Crippen LogP) is 3.69. The molecule has 0 saturated heterocycles. The topological polar surface area (TPSA) is 59.6 Å². The number of benzene rings is 1. The number of anilines is 1. The molecule has 0 atom stereocenters. The van der Waals surface area contributed by atoms with Gasteiger partial charge in [0.1, 0.15) is 0 Å². The molecule has 3 N–H and O–H groups in total. The molecule has 0 amide bonds. The smallest absolute Gasteiger partial charge is 0.193 e. The van der Waals surface area contributed by atoms with E-state index >= 15 is 0 Å². The zero-order valence-corrected chi connectivity index (χ0v) is 15.0. The minimum absolute atomic E-state index is 0. The highest BCUT2D eigenvalue weighted by Crippen LogP contribution is 2.20. The zero-order chi connectivity index (χ0) is 14.2. The second-order valence-corrected chi connectivity index (χ2v) is 5.39. The molecule has 0 aromatic heterocycles. The zero-order valence-electron chi connectivity index (χ0n) is 12.7. The van der Waals surface area contributed by atoms with Crippen molar-refractivity contribution in [3.05, 3.63) is 29.8 Å². The first-order valence-corrected chi connectivity index (χ1v) is 7.49. The van der Waals surface area contributed by atoms with Gasteiger partial charge in [-0.2, -0.15) is 0 Å². The van der Waals surface area contributed by atoms with E-state index in [0.29, 0.717) is 18.6 Å². The lowest BCUT2D eigenvalue weighted by atomic mass is 10.2. The molecule has 1 aromatic rings. The Morgan fingerprint density at radius 1 is 1.38 bits per heavy atom. The largest absolute Gasteiger partial charge is 0.378 e. The van der Waals surface area contributed by atoms with Crippen molar-refractivity contribution < 1.29 is 4.74 Å². The van der Waals surface area contributed by atoms with E-state index in [4.69, 9.17) is 10.5 Å². The maximum absolute atomic E-state index is 5.86. The van der Waals surface area contributed by atoms with Gasteiger partial charge in [0.05, 0.1) is 6.10 Å². The summed E-state index contributed by atoms with van der Waals surface area (Å²) in [5, 5.41) is 3.10. The number of guanidine groups is 1. The fraction of sp³-hybridized carbons (Fsp3) is 0.562. The number of halogens is 1. The second-order valence-electron chi connectivity index (χ2n) is 5.39. The van der Waals surface area contributed by atoms with Crippen molar-refractivity contribution in [2.45, 2.75) is 45.1 Å². The number of hydrogen-bond donors (Lipinski definition) is 2. The van der Waals surface area contributed by atoms with Crippen LogP contribution in [0, 0.1) is 6.92 Å². The number of nitrogens with zero attached hydrogens (tertiary/aromatic N) is 1. The number of ether oxygens (including phenoxy) is 1. The summed E-state index contributed by atoms with van der Waals surface area (Å²) in [7, 11) is 0. The normalized spacial score (nSPS) is 15.8. The molecular weight excluding hydrogens is 377 g/mol. The highest BCUT2D eigenvalue weighted by molar-refractivity contribution is 14.0. The molecule has 0 heterocycles. The summed E-state index contributed by atoms with van der Waals surface area (Å²) in [6, 6.07) is 8.09. The molecule has 1 aliphatic rings. The molecule has 0 spiro atoms. The van der Waals surface area contributed by atoms with Crippen molar-refractivity contribution in [1.29, 1.82) is 0 Å². The highest BCUT2D eigenvalue weighted by atomic mass is 127. The van der Waals surface area contributed by atoms with E-state index in [1.807, 2.05) is 18.2 Å². The Labute approximate surface area is 144 Å². The van der Waals surface area contributed by atoms with E-state index in [1.54, 1.807) is 0 Å². The van der Waals surface area contributed by atoms with Crippen molar-refractivity contribution >= 4 is 35.6 Å². The van der Waals surface area contributed by atoms with Crippen LogP contribution in [-0.4, -0.2) is 25.2 Å². The SMILES string of the molecule is Cc1cccc(NC(N)=NCCCOC2CCCC2)c1.I. The van der Waals surface area contributed by atoms with Crippen LogP contribution in [0.15, 0.2) is 29.3 Å². The van der Waals surface area contributed by atoms with Gasteiger partial charge in [-0.3, -0.25) is 4.99 Å². The van der Waals surface area contributed by atoms with E-state index in [0.717, 1.165) is 18.7 Å². The van der Waals surface area contributed by atoms with Crippen LogP contribution in [0.1, 0.15) is 37.7 Å². The van der Waals surface area contributed by atoms with Crippen molar-refractivity contribution in [3.8, 4) is 0 Å². The van der Waals surface area contributed by atoms with Crippen molar-refractivity contribution in [1.82, 2.24) is 0 Å². The summed E-state index contributed by atoms with van der Waals surface area (Å²) >= 11 is 0. The molecule has 2 rings (SSSR count). The first-order chi connectivity index (χ1) is 9.74. The number of hydrogen-bond acceptors (Lipinski definition) is 2. The van der Waals surface area contributed by atoms with Crippen LogP contribution < -0.4 is 11.1 Å². The highest BCUT2D eigenvalue weighted by Gasteiger charge is 2.14. The lowest BCUT2D eigenvalue weighted by molar-refractivity contribution is 0.0579. The Morgan fingerprint density at radius 2 is 2.14 bits per heavy atom. The summed E-state index contributed by atoms with van der Waals surface area (Å²) in [6.07, 6.45) is 6.49. The molecular formula is C16H26IN3O. The van der Waals surface area contributed by atoms with Crippen LogP contribution in [0.4, 0.5) is 5.69 Å². The van der Waals surface area contributed by atoms with Crippen LogP contribution in [0.5, 0.6) is 0 Å². The van der Waals surface area contributed by atoms with Crippen LogP contribution in [-0.2, 0) is 4.74 Å². The summed E-state index contributed by atoms with van der Waals surface area (Å²) in [4.78, 5) is 4.32. The third kappa shape index (κ3) is 7.13. The van der Waals surface area contributed by atoms with Crippen LogP contribution >= 0.6 is 24.0 Å². The standard InChI is InChI=1S/C16H25N3O.HI/c1-13-6-4-7-14(12-13)19-16(17)18-10-5-11-20-15-8-2-3-9-15;/h4,6-7,12,15H,2-3,5,8-11H2,1H3,(H3,17,18,19);1H. The summed E-state index contributed by atoms with van der Waals surface area (Å²) in [5.74, 6) is 0.469. The molecule has 0 unspecified atom stereocenters. The number of nitrogens with two attached hydrogens (primary N) is 1. The maximum Gasteiger partial charge on any atom is 0.193 e. The average Bonchev–Trinajstić information content (AvgIpc) is 2.91. The van der Waals surface area contributed by atoms with Crippen LogP contribution in [0.3, 0.4) is 0 Å². The Morgan fingerprint density at radius 3 is 2.86 bits per heavy atom. The van der Waals surface area contributed by atoms with Gasteiger partial charge in [0.25, 0.3) is 0 Å². The Hall–Kier alpha value is -0.820. The molecule has 1 saturated carbocycles. The number of nitrogens with one attached hydrogen (secondary N) is 1. The number of rotatable bonds is 6. The quantitative estimate of drug-likeness (QED) is 0.330. The first kappa shape index (κ1) is 18.2. The number of aliphatic imine (C=N–C) groups is 1. The van der Waals surface area contributed by atoms with E-state index in [-0.39, 0.29) is 24.0 Å². The fourth-order valence-corrected chi connectivity index (χ4v) is 2.48. The summed E-state index contributed by atoms with van der Waals surface area (Å²) in [6.45, 7) is 3.54. The van der Waals surface area contributed by atoms with Gasteiger partial charge >= 0.3 is 0 Å². The molecule has 5 heteroatoms. The lowest BCUT2D eigenvalue weighted by Gasteiger charge is -2.10. The number of aryl methyl sites for hydroxylation is 1. The maximum atomic E-state index is 5.86. The lowest BCUT2D eigenvalue weighted by Crippen LogP contribution is -2.23. The summed E-state index contributed by atoms with van der Waals surface area (Å²) < 4.78 is 5.79. The molecule has 1 aliphatic carbocycles. The molecule has 1 fully saturated rings. The first-order valence-electron chi connectivity index (χ1n) is 7.49. The van der Waals surface area contributed by atoms with Gasteiger partial charge in [0.2, 0.25) is 0 Å². The molecule has 1 aromatic carbocycles. The summed E-state index contributed by atoms with van der Waals surface area (Å²) in [5.41, 5.74) is 8.04. The van der Waals surface area contributed by atoms with Gasteiger partial charge in [-0.05, 0) is 43.9 Å². The van der Waals surface area contributed by atoms with Crippen molar-refractivity contribution in [2.75, 3.05) is 18.5 Å². The molecule has 4 nitrogen and oxygen atoms in total. The van der Waals surface area contributed by atoms with E-state index in [2.05, 4.69) is 23.3 Å². The molecule has 0 aliphatic heterocycles.